The Balaban J connectivity index is 3.09. The largest absolute Gasteiger partial charge is 0.389 e. The highest BCUT2D eigenvalue weighted by atomic mass is 16.5. The lowest BCUT2D eigenvalue weighted by atomic mass is 10.3. The molecule has 0 aromatic carbocycles. The normalized spacial score (nSPS) is 12.8. The Labute approximate surface area is 74.4 Å². The maximum absolute atomic E-state index is 9.28. The average Bonchev–Trinajstić information content (AvgIpc) is 2.06. The van der Waals surface area contributed by atoms with Gasteiger partial charge in [0.25, 0.3) is 0 Å². The second-order valence-corrected chi connectivity index (χ2v) is 2.68. The van der Waals surface area contributed by atoms with Crippen molar-refractivity contribution < 1.29 is 9.84 Å². The fourth-order valence-corrected chi connectivity index (χ4v) is 0.792. The number of ether oxygens (including phenoxy) is 1. The Hall–Kier alpha value is -0.380. The number of rotatable bonds is 8. The van der Waals surface area contributed by atoms with Gasteiger partial charge in [-0.1, -0.05) is 13.0 Å². The summed E-state index contributed by atoms with van der Waals surface area (Å²) in [5.41, 5.74) is 0. The van der Waals surface area contributed by atoms with Crippen molar-refractivity contribution in [3.05, 3.63) is 12.7 Å². The lowest BCUT2D eigenvalue weighted by Gasteiger charge is -2.10. The third kappa shape index (κ3) is 7.72. The number of hydrogen-bond acceptors (Lipinski definition) is 3. The maximum Gasteiger partial charge on any atom is 0.0897 e. The second-order valence-electron chi connectivity index (χ2n) is 2.68. The Morgan fingerprint density at radius 3 is 3.00 bits per heavy atom. The predicted octanol–water partition coefficient (Wildman–Crippen LogP) is 0.549. The van der Waals surface area contributed by atoms with Crippen molar-refractivity contribution >= 4 is 0 Å². The first kappa shape index (κ1) is 11.6. The molecule has 2 N–H and O–H groups in total. The van der Waals surface area contributed by atoms with E-state index < -0.39 is 6.10 Å². The smallest absolute Gasteiger partial charge is 0.0897 e. The fraction of sp³-hybridized carbons (Fsp3) is 0.778. The van der Waals surface area contributed by atoms with E-state index in [1.54, 1.807) is 6.08 Å². The molecular weight excluding hydrogens is 154 g/mol. The maximum atomic E-state index is 9.28. The van der Waals surface area contributed by atoms with Crippen LogP contribution in [0.5, 0.6) is 0 Å². The van der Waals surface area contributed by atoms with Gasteiger partial charge in [0.15, 0.2) is 0 Å². The van der Waals surface area contributed by atoms with Crippen molar-refractivity contribution in [3.8, 4) is 0 Å². The minimum absolute atomic E-state index is 0.378. The molecule has 0 aromatic heterocycles. The van der Waals surface area contributed by atoms with Crippen LogP contribution in [0.4, 0.5) is 0 Å². The summed E-state index contributed by atoms with van der Waals surface area (Å²) in [6.07, 6.45) is 2.35. The first-order valence-electron chi connectivity index (χ1n) is 4.38. The minimum Gasteiger partial charge on any atom is -0.389 e. The summed E-state index contributed by atoms with van der Waals surface area (Å²) in [7, 11) is 0. The SMILES string of the molecule is C=CCOCC(O)CNCCC. The van der Waals surface area contributed by atoms with Crippen LogP contribution in [0.3, 0.4) is 0 Å². The molecule has 0 heterocycles. The monoisotopic (exact) mass is 173 g/mol. The van der Waals surface area contributed by atoms with E-state index in [0.29, 0.717) is 19.8 Å². The molecule has 12 heavy (non-hydrogen) atoms. The van der Waals surface area contributed by atoms with Gasteiger partial charge in [0.1, 0.15) is 0 Å². The number of aliphatic hydroxyl groups excluding tert-OH is 1. The Bertz CT molecular complexity index is 107. The zero-order valence-electron chi connectivity index (χ0n) is 7.75. The summed E-state index contributed by atoms with van der Waals surface area (Å²) in [5.74, 6) is 0. The van der Waals surface area contributed by atoms with Crippen LogP contribution in [0.15, 0.2) is 12.7 Å². The van der Waals surface area contributed by atoms with E-state index in [1.807, 2.05) is 0 Å². The highest BCUT2D eigenvalue weighted by Crippen LogP contribution is 1.84. The molecule has 0 aliphatic rings. The minimum atomic E-state index is -0.406. The Morgan fingerprint density at radius 2 is 2.42 bits per heavy atom. The molecule has 1 unspecified atom stereocenters. The van der Waals surface area contributed by atoms with Crippen LogP contribution in [-0.4, -0.2) is 37.5 Å². The molecule has 3 nitrogen and oxygen atoms in total. The zero-order valence-corrected chi connectivity index (χ0v) is 7.75. The van der Waals surface area contributed by atoms with Crippen molar-refractivity contribution in [2.75, 3.05) is 26.3 Å². The lowest BCUT2D eigenvalue weighted by molar-refractivity contribution is 0.0496. The van der Waals surface area contributed by atoms with Crippen LogP contribution >= 0.6 is 0 Å². The standard InChI is InChI=1S/C9H19NO2/c1-3-5-10-7-9(11)8-12-6-4-2/h4,9-11H,2-3,5-8H2,1H3. The van der Waals surface area contributed by atoms with Crippen molar-refractivity contribution in [2.45, 2.75) is 19.4 Å². The molecule has 0 rings (SSSR count). The average molecular weight is 173 g/mol. The summed E-state index contributed by atoms with van der Waals surface area (Å²) < 4.78 is 5.07. The highest BCUT2D eigenvalue weighted by molar-refractivity contribution is 4.65. The molecule has 0 radical (unpaired) electrons. The zero-order chi connectivity index (χ0) is 9.23. The Morgan fingerprint density at radius 1 is 1.67 bits per heavy atom. The quantitative estimate of drug-likeness (QED) is 0.416. The van der Waals surface area contributed by atoms with Gasteiger partial charge in [0, 0.05) is 6.54 Å². The van der Waals surface area contributed by atoms with Crippen LogP contribution in [-0.2, 0) is 4.74 Å². The predicted molar refractivity (Wildman–Crippen MR) is 50.2 cm³/mol. The number of nitrogens with one attached hydrogen (secondary N) is 1. The molecule has 0 saturated carbocycles. The van der Waals surface area contributed by atoms with Crippen molar-refractivity contribution in [3.63, 3.8) is 0 Å². The molecule has 0 saturated heterocycles. The van der Waals surface area contributed by atoms with Crippen molar-refractivity contribution in [1.82, 2.24) is 5.32 Å². The molecule has 0 fully saturated rings. The van der Waals surface area contributed by atoms with Gasteiger partial charge in [-0.15, -0.1) is 6.58 Å². The lowest BCUT2D eigenvalue weighted by Crippen LogP contribution is -2.30. The van der Waals surface area contributed by atoms with E-state index in [0.717, 1.165) is 13.0 Å². The molecule has 0 aliphatic heterocycles. The molecule has 0 spiro atoms. The van der Waals surface area contributed by atoms with Gasteiger partial charge in [-0.05, 0) is 13.0 Å². The van der Waals surface area contributed by atoms with Gasteiger partial charge in [-0.25, -0.2) is 0 Å². The molecule has 0 aromatic rings. The third-order valence-electron chi connectivity index (χ3n) is 1.35. The Kier molecular flexibility index (Phi) is 8.44. The molecular formula is C9H19NO2. The molecule has 1 atom stereocenters. The van der Waals surface area contributed by atoms with Gasteiger partial charge < -0.3 is 15.2 Å². The van der Waals surface area contributed by atoms with E-state index in [2.05, 4.69) is 18.8 Å². The van der Waals surface area contributed by atoms with E-state index in [-0.39, 0.29) is 0 Å². The molecule has 0 amide bonds. The molecule has 0 aliphatic carbocycles. The van der Waals surface area contributed by atoms with E-state index in [9.17, 15) is 5.11 Å². The topological polar surface area (TPSA) is 41.5 Å². The summed E-state index contributed by atoms with van der Waals surface area (Å²) >= 11 is 0. The highest BCUT2D eigenvalue weighted by Gasteiger charge is 2.01. The third-order valence-corrected chi connectivity index (χ3v) is 1.35. The van der Waals surface area contributed by atoms with Crippen molar-refractivity contribution in [2.24, 2.45) is 0 Å². The van der Waals surface area contributed by atoms with Gasteiger partial charge >= 0.3 is 0 Å². The van der Waals surface area contributed by atoms with Crippen LogP contribution in [0.25, 0.3) is 0 Å². The number of hydrogen-bond donors (Lipinski definition) is 2. The van der Waals surface area contributed by atoms with E-state index >= 15 is 0 Å². The summed E-state index contributed by atoms with van der Waals surface area (Å²) in [6, 6.07) is 0. The fourth-order valence-electron chi connectivity index (χ4n) is 0.792. The first-order chi connectivity index (χ1) is 5.81. The van der Waals surface area contributed by atoms with Gasteiger partial charge in [0.05, 0.1) is 19.3 Å². The van der Waals surface area contributed by atoms with Gasteiger partial charge in [-0.2, -0.15) is 0 Å². The van der Waals surface area contributed by atoms with Gasteiger partial charge in [-0.3, -0.25) is 0 Å². The first-order valence-corrected chi connectivity index (χ1v) is 4.38. The second kappa shape index (κ2) is 8.71. The van der Waals surface area contributed by atoms with Gasteiger partial charge in [0.2, 0.25) is 0 Å². The summed E-state index contributed by atoms with van der Waals surface area (Å²) in [4.78, 5) is 0. The summed E-state index contributed by atoms with van der Waals surface area (Å²) in [5, 5.41) is 12.4. The van der Waals surface area contributed by atoms with Crippen LogP contribution in [0, 0.1) is 0 Å². The molecule has 3 heteroatoms. The summed E-state index contributed by atoms with van der Waals surface area (Å²) in [6.45, 7) is 8.03. The van der Waals surface area contributed by atoms with Crippen LogP contribution in [0.2, 0.25) is 0 Å². The van der Waals surface area contributed by atoms with Crippen LogP contribution < -0.4 is 5.32 Å². The number of aliphatic hydroxyl groups is 1. The van der Waals surface area contributed by atoms with Crippen molar-refractivity contribution in [1.29, 1.82) is 0 Å². The molecule has 0 bridgehead atoms. The van der Waals surface area contributed by atoms with E-state index in [1.165, 1.54) is 0 Å². The molecule has 72 valence electrons. The van der Waals surface area contributed by atoms with Crippen LogP contribution in [0.1, 0.15) is 13.3 Å². The van der Waals surface area contributed by atoms with E-state index in [4.69, 9.17) is 4.74 Å².